The fourth-order valence-corrected chi connectivity index (χ4v) is 3.50. The summed E-state index contributed by atoms with van der Waals surface area (Å²) in [4.78, 5) is 3.85. The summed E-state index contributed by atoms with van der Waals surface area (Å²) in [5, 5.41) is 2.25. The summed E-state index contributed by atoms with van der Waals surface area (Å²) in [6, 6.07) is 31.3. The lowest BCUT2D eigenvalue weighted by Gasteiger charge is -2.15. The molecule has 0 unspecified atom stereocenters. The van der Waals surface area contributed by atoms with Gasteiger partial charge in [0.05, 0.1) is 5.16 Å². The Morgan fingerprint density at radius 2 is 1.07 bits per heavy atom. The number of hydrogen-bond acceptors (Lipinski definition) is 2. The van der Waals surface area contributed by atoms with E-state index in [1.807, 2.05) is 54.6 Å². The van der Waals surface area contributed by atoms with Gasteiger partial charge in [0.15, 0.2) is 5.82 Å². The summed E-state index contributed by atoms with van der Waals surface area (Å²) < 4.78 is 15.1. The van der Waals surface area contributed by atoms with E-state index < -0.39 is 5.82 Å². The molecule has 0 saturated carbocycles. The molecule has 0 aliphatic heterocycles. The molecule has 0 atom stereocenters. The van der Waals surface area contributed by atoms with Gasteiger partial charge in [0.25, 0.3) is 0 Å². The maximum Gasteiger partial charge on any atom is 0.157 e. The van der Waals surface area contributed by atoms with Crippen LogP contribution in [0.2, 0.25) is 0 Å². The molecule has 4 rings (SSSR count). The van der Waals surface area contributed by atoms with Crippen molar-refractivity contribution in [2.45, 2.75) is 0 Å². The van der Waals surface area contributed by atoms with Crippen LogP contribution >= 0.6 is 12.2 Å². The number of aliphatic imine (C=N–C) groups is 1. The minimum atomic E-state index is -0.399. The summed E-state index contributed by atoms with van der Waals surface area (Å²) >= 11 is 4.64. The molecular weight excluding hydrogens is 365 g/mol. The Morgan fingerprint density at radius 1 is 0.571 bits per heavy atom. The van der Waals surface area contributed by atoms with Crippen LogP contribution in [-0.2, 0) is 0 Å². The average molecular weight is 381 g/mol. The van der Waals surface area contributed by atoms with E-state index in [4.69, 9.17) is 0 Å². The third-order valence-corrected chi connectivity index (χ3v) is 4.75. The average Bonchev–Trinajstić information content (AvgIpc) is 2.76. The molecule has 0 aliphatic rings. The van der Waals surface area contributed by atoms with E-state index in [0.29, 0.717) is 5.56 Å². The molecule has 0 heterocycles. The van der Waals surface area contributed by atoms with Crippen LogP contribution in [0.4, 0.5) is 10.1 Å². The Morgan fingerprint density at radius 3 is 1.71 bits per heavy atom. The highest BCUT2D eigenvalue weighted by molar-refractivity contribution is 7.78. The zero-order chi connectivity index (χ0) is 19.3. The third kappa shape index (κ3) is 3.41. The zero-order valence-electron chi connectivity index (χ0n) is 15.0. The molecule has 0 amide bonds. The molecule has 0 spiro atoms. The molecule has 0 saturated heterocycles. The first-order valence-electron chi connectivity index (χ1n) is 8.90. The van der Waals surface area contributed by atoms with Gasteiger partial charge in [0, 0.05) is 5.56 Å². The molecule has 0 radical (unpaired) electrons. The fraction of sp³-hybridized carbons (Fsp3) is 0. The molecular formula is C25H16FNS. The van der Waals surface area contributed by atoms with Crippen molar-refractivity contribution in [3.05, 3.63) is 103 Å². The van der Waals surface area contributed by atoms with Crippen LogP contribution in [0.15, 0.2) is 102 Å². The molecule has 0 bridgehead atoms. The van der Waals surface area contributed by atoms with Gasteiger partial charge < -0.3 is 0 Å². The predicted molar refractivity (Wildman–Crippen MR) is 117 cm³/mol. The summed E-state index contributed by atoms with van der Waals surface area (Å²) in [5.74, 6) is -0.399. The van der Waals surface area contributed by atoms with Crippen molar-refractivity contribution in [3.8, 4) is 33.4 Å². The molecule has 4 aromatic carbocycles. The molecule has 3 heteroatoms. The van der Waals surface area contributed by atoms with E-state index in [1.54, 1.807) is 18.2 Å². The number of nitrogens with zero attached hydrogens (tertiary/aromatic N) is 1. The quantitative estimate of drug-likeness (QED) is 0.262. The van der Waals surface area contributed by atoms with Crippen LogP contribution in [-0.4, -0.2) is 5.16 Å². The summed E-state index contributed by atoms with van der Waals surface area (Å²) in [6.45, 7) is 0. The first-order chi connectivity index (χ1) is 13.8. The Balaban J connectivity index is 1.95. The topological polar surface area (TPSA) is 12.4 Å². The van der Waals surface area contributed by atoms with Crippen molar-refractivity contribution in [2.24, 2.45) is 4.99 Å². The van der Waals surface area contributed by atoms with E-state index in [0.717, 1.165) is 27.8 Å². The van der Waals surface area contributed by atoms with Crippen molar-refractivity contribution < 1.29 is 4.39 Å². The van der Waals surface area contributed by atoms with Gasteiger partial charge >= 0.3 is 0 Å². The number of benzene rings is 4. The molecule has 0 aromatic heterocycles. The SMILES string of the molecule is Fc1c(N=C=S)cccc1-c1ccccc1-c1ccccc1-c1ccccc1. The van der Waals surface area contributed by atoms with Crippen molar-refractivity contribution in [1.82, 2.24) is 0 Å². The predicted octanol–water partition coefficient (Wildman–Crippen LogP) is 7.56. The first-order valence-corrected chi connectivity index (χ1v) is 9.31. The van der Waals surface area contributed by atoms with Crippen molar-refractivity contribution in [3.63, 3.8) is 0 Å². The smallest absolute Gasteiger partial charge is 0.157 e. The number of hydrogen-bond donors (Lipinski definition) is 0. The molecule has 0 aliphatic carbocycles. The normalized spacial score (nSPS) is 10.3. The minimum Gasteiger partial charge on any atom is -0.204 e. The Bertz CT molecular complexity index is 1180. The Hall–Kier alpha value is -3.39. The van der Waals surface area contributed by atoms with Gasteiger partial charge in [-0.15, -0.1) is 0 Å². The van der Waals surface area contributed by atoms with Gasteiger partial charge in [-0.3, -0.25) is 0 Å². The fourth-order valence-electron chi connectivity index (χ4n) is 3.40. The van der Waals surface area contributed by atoms with E-state index in [1.165, 1.54) is 0 Å². The molecule has 4 aromatic rings. The number of halogens is 1. The van der Waals surface area contributed by atoms with Crippen LogP contribution in [0.25, 0.3) is 33.4 Å². The zero-order valence-corrected chi connectivity index (χ0v) is 15.8. The highest BCUT2D eigenvalue weighted by Gasteiger charge is 2.16. The molecule has 1 nitrogen and oxygen atoms in total. The Labute approximate surface area is 168 Å². The minimum absolute atomic E-state index is 0.193. The van der Waals surface area contributed by atoms with Gasteiger partial charge in [-0.2, -0.15) is 4.99 Å². The van der Waals surface area contributed by atoms with Crippen LogP contribution in [0.1, 0.15) is 0 Å². The summed E-state index contributed by atoms with van der Waals surface area (Å²) in [7, 11) is 0. The first kappa shape index (κ1) is 18.0. The molecule has 28 heavy (non-hydrogen) atoms. The summed E-state index contributed by atoms with van der Waals surface area (Å²) in [6.07, 6.45) is 0. The van der Waals surface area contributed by atoms with Crippen molar-refractivity contribution in [1.29, 1.82) is 0 Å². The van der Waals surface area contributed by atoms with Crippen LogP contribution in [0.3, 0.4) is 0 Å². The number of thiocarbonyl (C=S) groups is 1. The van der Waals surface area contributed by atoms with E-state index in [9.17, 15) is 0 Å². The lowest BCUT2D eigenvalue weighted by molar-refractivity contribution is 0.633. The van der Waals surface area contributed by atoms with Gasteiger partial charge in [-0.1, -0.05) is 91.0 Å². The second kappa shape index (κ2) is 8.10. The number of isothiocyanates is 1. The maximum atomic E-state index is 15.1. The van der Waals surface area contributed by atoms with Crippen LogP contribution in [0, 0.1) is 5.82 Å². The van der Waals surface area contributed by atoms with Crippen molar-refractivity contribution in [2.75, 3.05) is 0 Å². The molecule has 0 N–H and O–H groups in total. The largest absolute Gasteiger partial charge is 0.204 e. The molecule has 0 fully saturated rings. The van der Waals surface area contributed by atoms with Gasteiger partial charge in [-0.05, 0) is 46.1 Å². The van der Waals surface area contributed by atoms with E-state index in [-0.39, 0.29) is 5.69 Å². The summed E-state index contributed by atoms with van der Waals surface area (Å²) in [5.41, 5.74) is 5.72. The second-order valence-electron chi connectivity index (χ2n) is 6.30. The van der Waals surface area contributed by atoms with E-state index >= 15 is 4.39 Å². The lowest BCUT2D eigenvalue weighted by Crippen LogP contribution is -1.91. The molecule has 134 valence electrons. The standard InChI is InChI=1S/C25H16FNS/c26-25-23(15-8-16-24(25)27-17-28)22-14-7-6-13-21(22)20-12-5-4-11-19(20)18-9-2-1-3-10-18/h1-16H. The monoisotopic (exact) mass is 381 g/mol. The van der Waals surface area contributed by atoms with Gasteiger partial charge in [0.2, 0.25) is 0 Å². The maximum absolute atomic E-state index is 15.1. The van der Waals surface area contributed by atoms with Crippen molar-refractivity contribution >= 4 is 23.1 Å². The van der Waals surface area contributed by atoms with Gasteiger partial charge in [0.1, 0.15) is 5.69 Å². The third-order valence-electron chi connectivity index (χ3n) is 4.66. The highest BCUT2D eigenvalue weighted by atomic mass is 32.1. The lowest BCUT2D eigenvalue weighted by atomic mass is 9.89. The highest BCUT2D eigenvalue weighted by Crippen LogP contribution is 2.39. The van der Waals surface area contributed by atoms with Gasteiger partial charge in [-0.25, -0.2) is 4.39 Å². The Kier molecular flexibility index (Phi) is 5.20. The van der Waals surface area contributed by atoms with E-state index in [2.05, 4.69) is 46.6 Å². The second-order valence-corrected chi connectivity index (χ2v) is 6.48. The number of rotatable bonds is 4. The van der Waals surface area contributed by atoms with Crippen LogP contribution in [0.5, 0.6) is 0 Å². The van der Waals surface area contributed by atoms with Crippen LogP contribution < -0.4 is 0 Å².